The zero-order valence-corrected chi connectivity index (χ0v) is 10.9. The van der Waals surface area contributed by atoms with Crippen molar-refractivity contribution in [1.29, 1.82) is 0 Å². The molecular formula is C11H9BrClN3. The minimum absolute atomic E-state index is 0.221. The summed E-state index contributed by atoms with van der Waals surface area (Å²) in [6.45, 7) is 2.03. The monoisotopic (exact) mass is 297 g/mol. The predicted octanol–water partition coefficient (Wildman–Crippen LogP) is 3.94. The van der Waals surface area contributed by atoms with Gasteiger partial charge in [-0.25, -0.2) is 4.98 Å². The van der Waals surface area contributed by atoms with E-state index < -0.39 is 0 Å². The topological polar surface area (TPSA) is 37.8 Å². The number of halogens is 2. The quantitative estimate of drug-likeness (QED) is 0.853. The maximum Gasteiger partial charge on any atom is 0.224 e. The van der Waals surface area contributed by atoms with E-state index in [1.807, 2.05) is 31.2 Å². The minimum atomic E-state index is 0.221. The van der Waals surface area contributed by atoms with Crippen LogP contribution in [-0.4, -0.2) is 9.97 Å². The van der Waals surface area contributed by atoms with Gasteiger partial charge in [0.1, 0.15) is 5.82 Å². The number of anilines is 2. The van der Waals surface area contributed by atoms with Crippen LogP contribution in [0.15, 0.2) is 34.9 Å². The second-order valence-corrected chi connectivity index (χ2v) is 4.52. The Hall–Kier alpha value is -1.13. The SMILES string of the molecule is Cc1cccc(Nc2nc(Cl)ncc2Br)c1. The third kappa shape index (κ3) is 2.71. The van der Waals surface area contributed by atoms with E-state index in [4.69, 9.17) is 11.6 Å². The fourth-order valence-electron chi connectivity index (χ4n) is 1.29. The van der Waals surface area contributed by atoms with Crippen LogP contribution in [0.5, 0.6) is 0 Å². The van der Waals surface area contributed by atoms with Gasteiger partial charge in [-0.3, -0.25) is 0 Å². The van der Waals surface area contributed by atoms with E-state index in [0.29, 0.717) is 5.82 Å². The lowest BCUT2D eigenvalue weighted by Gasteiger charge is -2.07. The van der Waals surface area contributed by atoms with E-state index in [9.17, 15) is 0 Å². The Labute approximate surface area is 107 Å². The lowest BCUT2D eigenvalue weighted by molar-refractivity contribution is 1.15. The number of aromatic nitrogens is 2. The van der Waals surface area contributed by atoms with Crippen molar-refractivity contribution in [3.8, 4) is 0 Å². The fraction of sp³-hybridized carbons (Fsp3) is 0.0909. The standard InChI is InChI=1S/C11H9BrClN3/c1-7-3-2-4-8(5-7)15-10-9(12)6-14-11(13)16-10/h2-6H,1H3,(H,14,15,16). The van der Waals surface area contributed by atoms with Crippen molar-refractivity contribution in [2.24, 2.45) is 0 Å². The molecule has 1 aromatic carbocycles. The van der Waals surface area contributed by atoms with E-state index in [2.05, 4.69) is 31.2 Å². The molecule has 82 valence electrons. The highest BCUT2D eigenvalue weighted by molar-refractivity contribution is 9.10. The third-order valence-corrected chi connectivity index (χ3v) is 2.76. The molecule has 0 saturated carbocycles. The molecule has 16 heavy (non-hydrogen) atoms. The summed E-state index contributed by atoms with van der Waals surface area (Å²) < 4.78 is 0.776. The first-order valence-corrected chi connectivity index (χ1v) is 5.84. The highest BCUT2D eigenvalue weighted by atomic mass is 79.9. The highest BCUT2D eigenvalue weighted by Gasteiger charge is 2.03. The summed E-state index contributed by atoms with van der Waals surface area (Å²) in [4.78, 5) is 7.96. The summed E-state index contributed by atoms with van der Waals surface area (Å²) in [6.07, 6.45) is 1.62. The van der Waals surface area contributed by atoms with Crippen molar-refractivity contribution >= 4 is 39.0 Å². The molecule has 0 aliphatic rings. The average molecular weight is 299 g/mol. The van der Waals surface area contributed by atoms with Gasteiger partial charge in [0, 0.05) is 11.9 Å². The molecule has 3 nitrogen and oxygen atoms in total. The molecule has 2 aromatic rings. The van der Waals surface area contributed by atoms with Gasteiger partial charge in [-0.2, -0.15) is 4.98 Å². The highest BCUT2D eigenvalue weighted by Crippen LogP contribution is 2.24. The van der Waals surface area contributed by atoms with Gasteiger partial charge in [0.2, 0.25) is 5.28 Å². The second kappa shape index (κ2) is 4.80. The van der Waals surface area contributed by atoms with Crippen molar-refractivity contribution in [1.82, 2.24) is 9.97 Å². The first kappa shape index (κ1) is 11.4. The summed E-state index contributed by atoms with van der Waals surface area (Å²) in [7, 11) is 0. The van der Waals surface area contributed by atoms with Gasteiger partial charge in [-0.05, 0) is 52.2 Å². The third-order valence-electron chi connectivity index (χ3n) is 2.00. The maximum absolute atomic E-state index is 5.73. The normalized spacial score (nSPS) is 10.2. The van der Waals surface area contributed by atoms with Gasteiger partial charge in [0.25, 0.3) is 0 Å². The Balaban J connectivity index is 2.30. The first-order valence-electron chi connectivity index (χ1n) is 4.67. The molecule has 5 heteroatoms. The number of nitrogens with one attached hydrogen (secondary N) is 1. The van der Waals surface area contributed by atoms with E-state index >= 15 is 0 Å². The van der Waals surface area contributed by atoms with Crippen LogP contribution in [0.4, 0.5) is 11.5 Å². The van der Waals surface area contributed by atoms with Crippen molar-refractivity contribution in [3.05, 3.63) is 45.8 Å². The molecule has 0 aliphatic heterocycles. The van der Waals surface area contributed by atoms with Crippen molar-refractivity contribution < 1.29 is 0 Å². The summed E-state index contributed by atoms with van der Waals surface area (Å²) in [5.74, 6) is 0.658. The molecule has 0 saturated heterocycles. The van der Waals surface area contributed by atoms with Crippen molar-refractivity contribution in [2.75, 3.05) is 5.32 Å². The zero-order chi connectivity index (χ0) is 11.5. The van der Waals surface area contributed by atoms with Gasteiger partial charge >= 0.3 is 0 Å². The number of benzene rings is 1. The van der Waals surface area contributed by atoms with Crippen LogP contribution >= 0.6 is 27.5 Å². The number of rotatable bonds is 2. The zero-order valence-electron chi connectivity index (χ0n) is 8.54. The van der Waals surface area contributed by atoms with Gasteiger partial charge in [0.15, 0.2) is 0 Å². The molecule has 0 fully saturated rings. The summed E-state index contributed by atoms with van der Waals surface area (Å²) in [5, 5.41) is 3.39. The lowest BCUT2D eigenvalue weighted by Crippen LogP contribution is -1.96. The second-order valence-electron chi connectivity index (χ2n) is 3.33. The summed E-state index contributed by atoms with van der Waals surface area (Å²) in [5.41, 5.74) is 2.15. The smallest absolute Gasteiger partial charge is 0.224 e. The molecule has 1 heterocycles. The maximum atomic E-state index is 5.73. The molecule has 0 aliphatic carbocycles. The largest absolute Gasteiger partial charge is 0.339 e. The van der Waals surface area contributed by atoms with Gasteiger partial charge in [0.05, 0.1) is 4.47 Å². The lowest BCUT2D eigenvalue weighted by atomic mass is 10.2. The van der Waals surface area contributed by atoms with E-state index in [1.165, 1.54) is 5.56 Å². The Morgan fingerprint density at radius 1 is 1.38 bits per heavy atom. The van der Waals surface area contributed by atoms with E-state index in [1.54, 1.807) is 6.20 Å². The Morgan fingerprint density at radius 3 is 2.94 bits per heavy atom. The molecule has 0 amide bonds. The van der Waals surface area contributed by atoms with Crippen LogP contribution in [0.3, 0.4) is 0 Å². The number of hydrogen-bond acceptors (Lipinski definition) is 3. The van der Waals surface area contributed by atoms with E-state index in [-0.39, 0.29) is 5.28 Å². The Morgan fingerprint density at radius 2 is 2.19 bits per heavy atom. The molecule has 0 radical (unpaired) electrons. The molecule has 1 N–H and O–H groups in total. The van der Waals surface area contributed by atoms with Crippen LogP contribution in [0.25, 0.3) is 0 Å². The van der Waals surface area contributed by atoms with Gasteiger partial charge in [-0.15, -0.1) is 0 Å². The van der Waals surface area contributed by atoms with Crippen LogP contribution in [0.2, 0.25) is 5.28 Å². The number of nitrogens with zero attached hydrogens (tertiary/aromatic N) is 2. The molecule has 0 spiro atoms. The average Bonchev–Trinajstić information content (AvgIpc) is 2.24. The Bertz CT molecular complexity index is 516. The first-order chi connectivity index (χ1) is 7.65. The molecule has 2 rings (SSSR count). The van der Waals surface area contributed by atoms with Gasteiger partial charge < -0.3 is 5.32 Å². The predicted molar refractivity (Wildman–Crippen MR) is 69.2 cm³/mol. The fourth-order valence-corrected chi connectivity index (χ4v) is 1.72. The van der Waals surface area contributed by atoms with Crippen molar-refractivity contribution in [3.63, 3.8) is 0 Å². The van der Waals surface area contributed by atoms with E-state index in [0.717, 1.165) is 10.2 Å². The molecule has 0 atom stereocenters. The summed E-state index contributed by atoms with van der Waals surface area (Å²) in [6, 6.07) is 8.01. The number of aryl methyl sites for hydroxylation is 1. The van der Waals surface area contributed by atoms with Crippen molar-refractivity contribution in [2.45, 2.75) is 6.92 Å². The number of hydrogen-bond donors (Lipinski definition) is 1. The van der Waals surface area contributed by atoms with Crippen LogP contribution < -0.4 is 5.32 Å². The van der Waals surface area contributed by atoms with Gasteiger partial charge in [-0.1, -0.05) is 12.1 Å². The molecule has 1 aromatic heterocycles. The van der Waals surface area contributed by atoms with Crippen LogP contribution in [-0.2, 0) is 0 Å². The molecule has 0 unspecified atom stereocenters. The van der Waals surface area contributed by atoms with Crippen LogP contribution in [0.1, 0.15) is 5.56 Å². The molecule has 0 bridgehead atoms. The molecular weight excluding hydrogens is 289 g/mol. The minimum Gasteiger partial charge on any atom is -0.339 e. The Kier molecular flexibility index (Phi) is 3.41. The summed E-state index contributed by atoms with van der Waals surface area (Å²) >= 11 is 9.09. The van der Waals surface area contributed by atoms with Crippen LogP contribution in [0, 0.1) is 6.92 Å².